The van der Waals surface area contributed by atoms with Crippen LogP contribution in [0.4, 0.5) is 0 Å². The summed E-state index contributed by atoms with van der Waals surface area (Å²) < 4.78 is 10.7. The molecule has 0 aliphatic carbocycles. The van der Waals surface area contributed by atoms with E-state index in [0.717, 1.165) is 0 Å². The molecule has 1 saturated heterocycles. The molecule has 0 spiro atoms. The molecule has 1 N–H and O–H groups in total. The number of aliphatic carboxylic acids is 1. The predicted octanol–water partition coefficient (Wildman–Crippen LogP) is -0.193. The van der Waals surface area contributed by atoms with Crippen LogP contribution >= 0.6 is 0 Å². The molecule has 0 aromatic heterocycles. The maximum atomic E-state index is 10.5. The van der Waals surface area contributed by atoms with E-state index in [1.165, 1.54) is 0 Å². The number of carboxylic acid groups (broad SMARTS) is 1. The number of carbonyl (C=O) groups is 1. The molecule has 1 fully saturated rings. The fourth-order valence-electron chi connectivity index (χ4n) is 1.74. The predicted molar refractivity (Wildman–Crippen MR) is 50.3 cm³/mol. The number of methoxy groups -OCH3 is 1. The van der Waals surface area contributed by atoms with Gasteiger partial charge in [-0.2, -0.15) is 0 Å². The summed E-state index contributed by atoms with van der Waals surface area (Å²) in [4.78, 5) is 12.3. The van der Waals surface area contributed by atoms with Crippen molar-refractivity contribution in [1.82, 2.24) is 4.90 Å². The Morgan fingerprint density at radius 2 is 2.14 bits per heavy atom. The van der Waals surface area contributed by atoms with Gasteiger partial charge in [0.15, 0.2) is 0 Å². The first-order valence-corrected chi connectivity index (χ1v) is 4.76. The van der Waals surface area contributed by atoms with Gasteiger partial charge in [-0.1, -0.05) is 0 Å². The molecule has 1 aliphatic rings. The topological polar surface area (TPSA) is 59.0 Å². The van der Waals surface area contributed by atoms with E-state index in [1.54, 1.807) is 7.11 Å². The van der Waals surface area contributed by atoms with Crippen molar-refractivity contribution in [3.8, 4) is 0 Å². The Hall–Kier alpha value is -0.650. The average Bonchev–Trinajstić information content (AvgIpc) is 2.47. The lowest BCUT2D eigenvalue weighted by Gasteiger charge is -2.15. The standard InChI is InChI=1S/C9H17NO4/c1-3-14-8-5-10(6-9(11)12)4-7(8)13-2/h7-8H,3-6H2,1-2H3,(H,11,12)/t7-,8+/m0/s1. The van der Waals surface area contributed by atoms with E-state index in [4.69, 9.17) is 14.6 Å². The Kier molecular flexibility index (Phi) is 4.31. The number of rotatable bonds is 5. The van der Waals surface area contributed by atoms with Crippen LogP contribution in [0.5, 0.6) is 0 Å². The molecule has 0 radical (unpaired) electrons. The highest BCUT2D eigenvalue weighted by atomic mass is 16.5. The average molecular weight is 203 g/mol. The zero-order valence-electron chi connectivity index (χ0n) is 8.60. The van der Waals surface area contributed by atoms with Gasteiger partial charge in [0.2, 0.25) is 0 Å². The summed E-state index contributed by atoms with van der Waals surface area (Å²) in [6.07, 6.45) is -0.00125. The van der Waals surface area contributed by atoms with E-state index in [0.29, 0.717) is 19.7 Å². The van der Waals surface area contributed by atoms with Crippen molar-refractivity contribution in [2.45, 2.75) is 19.1 Å². The smallest absolute Gasteiger partial charge is 0.317 e. The van der Waals surface area contributed by atoms with Gasteiger partial charge >= 0.3 is 5.97 Å². The number of likely N-dealkylation sites (tertiary alicyclic amines) is 1. The molecular formula is C9H17NO4. The quantitative estimate of drug-likeness (QED) is 0.671. The minimum absolute atomic E-state index is 0.00403. The Morgan fingerprint density at radius 3 is 2.64 bits per heavy atom. The van der Waals surface area contributed by atoms with Crippen LogP contribution < -0.4 is 0 Å². The highest BCUT2D eigenvalue weighted by molar-refractivity contribution is 5.69. The summed E-state index contributed by atoms with van der Waals surface area (Å²) in [5.41, 5.74) is 0. The minimum atomic E-state index is -0.808. The molecule has 0 aromatic rings. The third-order valence-corrected chi connectivity index (χ3v) is 2.33. The fourth-order valence-corrected chi connectivity index (χ4v) is 1.74. The number of nitrogens with zero attached hydrogens (tertiary/aromatic N) is 1. The zero-order valence-corrected chi connectivity index (χ0v) is 8.60. The normalized spacial score (nSPS) is 28.1. The number of hydrogen-bond acceptors (Lipinski definition) is 4. The summed E-state index contributed by atoms with van der Waals surface area (Å²) in [5.74, 6) is -0.808. The van der Waals surface area contributed by atoms with Crippen LogP contribution in [0.25, 0.3) is 0 Å². The van der Waals surface area contributed by atoms with Crippen LogP contribution in [0.3, 0.4) is 0 Å². The number of ether oxygens (including phenoxy) is 2. The van der Waals surface area contributed by atoms with Crippen LogP contribution in [-0.4, -0.2) is 61.5 Å². The number of hydrogen-bond donors (Lipinski definition) is 1. The lowest BCUT2D eigenvalue weighted by Crippen LogP contribution is -2.29. The van der Waals surface area contributed by atoms with Crippen LogP contribution in [-0.2, 0) is 14.3 Å². The Balaban J connectivity index is 2.43. The Bertz CT molecular complexity index is 197. The molecule has 5 nitrogen and oxygen atoms in total. The molecule has 1 heterocycles. The van der Waals surface area contributed by atoms with Crippen molar-refractivity contribution >= 4 is 5.97 Å². The Morgan fingerprint density at radius 1 is 1.50 bits per heavy atom. The summed E-state index contributed by atoms with van der Waals surface area (Å²) in [7, 11) is 1.63. The summed E-state index contributed by atoms with van der Waals surface area (Å²) in [6, 6.07) is 0. The van der Waals surface area contributed by atoms with Crippen LogP contribution in [0.15, 0.2) is 0 Å². The second kappa shape index (κ2) is 5.29. The van der Waals surface area contributed by atoms with E-state index in [2.05, 4.69) is 0 Å². The molecule has 82 valence electrons. The van der Waals surface area contributed by atoms with Gasteiger partial charge in [0.25, 0.3) is 0 Å². The minimum Gasteiger partial charge on any atom is -0.480 e. The van der Waals surface area contributed by atoms with Crippen LogP contribution in [0.2, 0.25) is 0 Å². The molecule has 0 unspecified atom stereocenters. The summed E-state index contributed by atoms with van der Waals surface area (Å²) in [5, 5.41) is 8.63. The highest BCUT2D eigenvalue weighted by Gasteiger charge is 2.33. The maximum absolute atomic E-state index is 10.5. The van der Waals surface area contributed by atoms with Crippen LogP contribution in [0.1, 0.15) is 6.92 Å². The van der Waals surface area contributed by atoms with Gasteiger partial charge in [0.1, 0.15) is 0 Å². The highest BCUT2D eigenvalue weighted by Crippen LogP contribution is 2.15. The van der Waals surface area contributed by atoms with E-state index in [1.807, 2.05) is 11.8 Å². The van der Waals surface area contributed by atoms with Gasteiger partial charge in [-0.25, -0.2) is 0 Å². The van der Waals surface area contributed by atoms with E-state index in [9.17, 15) is 4.79 Å². The van der Waals surface area contributed by atoms with Gasteiger partial charge in [-0.15, -0.1) is 0 Å². The molecule has 2 atom stereocenters. The van der Waals surface area contributed by atoms with Crippen molar-refractivity contribution < 1.29 is 19.4 Å². The largest absolute Gasteiger partial charge is 0.480 e. The SMILES string of the molecule is CCO[C@@H]1CN(CC(=O)O)C[C@@H]1OC. The Labute approximate surface area is 83.6 Å². The van der Waals surface area contributed by atoms with Gasteiger partial charge < -0.3 is 14.6 Å². The van der Waals surface area contributed by atoms with Crippen molar-refractivity contribution in [2.24, 2.45) is 0 Å². The van der Waals surface area contributed by atoms with Gasteiger partial charge in [-0.05, 0) is 6.92 Å². The fraction of sp³-hybridized carbons (Fsp3) is 0.889. The molecule has 5 heteroatoms. The molecule has 0 amide bonds. The van der Waals surface area contributed by atoms with E-state index in [-0.39, 0.29) is 18.8 Å². The molecule has 1 aliphatic heterocycles. The first-order chi connectivity index (χ1) is 6.67. The third-order valence-electron chi connectivity index (χ3n) is 2.33. The van der Waals surface area contributed by atoms with Crippen molar-refractivity contribution in [2.75, 3.05) is 33.4 Å². The van der Waals surface area contributed by atoms with E-state index >= 15 is 0 Å². The van der Waals surface area contributed by atoms with Gasteiger partial charge in [0.05, 0.1) is 18.8 Å². The summed E-state index contributed by atoms with van der Waals surface area (Å²) >= 11 is 0. The number of carboxylic acids is 1. The molecule has 0 aromatic carbocycles. The summed E-state index contributed by atoms with van der Waals surface area (Å²) in [6.45, 7) is 3.88. The lowest BCUT2D eigenvalue weighted by molar-refractivity contribution is -0.138. The first-order valence-electron chi connectivity index (χ1n) is 4.76. The maximum Gasteiger partial charge on any atom is 0.317 e. The van der Waals surface area contributed by atoms with E-state index < -0.39 is 5.97 Å². The van der Waals surface area contributed by atoms with Crippen molar-refractivity contribution in [3.05, 3.63) is 0 Å². The molecule has 1 rings (SSSR count). The molecule has 0 bridgehead atoms. The third kappa shape index (κ3) is 2.94. The van der Waals surface area contributed by atoms with Gasteiger partial charge in [-0.3, -0.25) is 9.69 Å². The monoisotopic (exact) mass is 203 g/mol. The van der Waals surface area contributed by atoms with Crippen molar-refractivity contribution in [1.29, 1.82) is 0 Å². The lowest BCUT2D eigenvalue weighted by atomic mass is 10.2. The zero-order chi connectivity index (χ0) is 10.6. The first kappa shape index (κ1) is 11.4. The molecule has 0 saturated carbocycles. The van der Waals surface area contributed by atoms with Crippen LogP contribution in [0, 0.1) is 0 Å². The molecular weight excluding hydrogens is 186 g/mol. The second-order valence-corrected chi connectivity index (χ2v) is 3.36. The van der Waals surface area contributed by atoms with Gasteiger partial charge in [0, 0.05) is 26.8 Å². The second-order valence-electron chi connectivity index (χ2n) is 3.36. The van der Waals surface area contributed by atoms with Crippen molar-refractivity contribution in [3.63, 3.8) is 0 Å². The molecule has 14 heavy (non-hydrogen) atoms.